The molecule has 102 valence electrons. The standard InChI is InChI=1S/C15H15N3O2/c1-8(2)12-6-10(11(7-16)15(17)18-12)9-3-4-13(19)14(20)5-9/h3-6,8,19-20H,1-2H3,(H2,17,18). The second-order valence-corrected chi connectivity index (χ2v) is 4.82. The van der Waals surface area contributed by atoms with Crippen LogP contribution in [-0.4, -0.2) is 15.2 Å². The summed E-state index contributed by atoms with van der Waals surface area (Å²) in [4.78, 5) is 4.21. The van der Waals surface area contributed by atoms with Crippen LogP contribution in [0.4, 0.5) is 5.82 Å². The number of hydrogen-bond donors (Lipinski definition) is 3. The van der Waals surface area contributed by atoms with E-state index in [2.05, 4.69) is 4.98 Å². The smallest absolute Gasteiger partial charge is 0.158 e. The van der Waals surface area contributed by atoms with Crippen LogP contribution in [0.2, 0.25) is 0 Å². The van der Waals surface area contributed by atoms with Gasteiger partial charge in [-0.3, -0.25) is 0 Å². The van der Waals surface area contributed by atoms with Gasteiger partial charge in [-0.25, -0.2) is 4.98 Å². The van der Waals surface area contributed by atoms with E-state index in [1.165, 1.54) is 12.1 Å². The lowest BCUT2D eigenvalue weighted by molar-refractivity contribution is 0.404. The summed E-state index contributed by atoms with van der Waals surface area (Å²) < 4.78 is 0. The number of rotatable bonds is 2. The van der Waals surface area contributed by atoms with Gasteiger partial charge in [0, 0.05) is 11.3 Å². The molecule has 0 spiro atoms. The van der Waals surface area contributed by atoms with Crippen molar-refractivity contribution >= 4 is 5.82 Å². The van der Waals surface area contributed by atoms with Crippen molar-refractivity contribution < 1.29 is 10.2 Å². The van der Waals surface area contributed by atoms with Gasteiger partial charge in [0.05, 0.1) is 0 Å². The van der Waals surface area contributed by atoms with E-state index in [0.29, 0.717) is 11.1 Å². The Morgan fingerprint density at radius 1 is 1.20 bits per heavy atom. The van der Waals surface area contributed by atoms with E-state index in [1.807, 2.05) is 19.9 Å². The zero-order valence-electron chi connectivity index (χ0n) is 11.3. The Balaban J connectivity index is 2.71. The molecule has 1 heterocycles. The summed E-state index contributed by atoms with van der Waals surface area (Å²) in [6.45, 7) is 3.96. The summed E-state index contributed by atoms with van der Waals surface area (Å²) in [6, 6.07) is 8.20. The SMILES string of the molecule is CC(C)c1cc(-c2ccc(O)c(O)c2)c(C#N)c(N)n1. The second kappa shape index (κ2) is 5.10. The molecule has 5 heteroatoms. The summed E-state index contributed by atoms with van der Waals surface area (Å²) in [5.74, 6) is -0.123. The Hall–Kier alpha value is -2.74. The van der Waals surface area contributed by atoms with Crippen LogP contribution in [0.1, 0.15) is 31.0 Å². The fourth-order valence-electron chi connectivity index (χ4n) is 1.92. The first-order valence-corrected chi connectivity index (χ1v) is 6.17. The molecular weight excluding hydrogens is 254 g/mol. The number of nitriles is 1. The molecule has 0 unspecified atom stereocenters. The molecule has 4 N–H and O–H groups in total. The fraction of sp³-hybridized carbons (Fsp3) is 0.200. The van der Waals surface area contributed by atoms with E-state index >= 15 is 0 Å². The van der Waals surface area contributed by atoms with E-state index in [9.17, 15) is 15.5 Å². The highest BCUT2D eigenvalue weighted by Crippen LogP contribution is 2.34. The van der Waals surface area contributed by atoms with E-state index < -0.39 is 0 Å². The van der Waals surface area contributed by atoms with Gasteiger partial charge in [0.25, 0.3) is 0 Å². The first-order chi connectivity index (χ1) is 9.43. The van der Waals surface area contributed by atoms with Gasteiger partial charge in [0.2, 0.25) is 0 Å². The molecule has 0 fully saturated rings. The van der Waals surface area contributed by atoms with E-state index in [1.54, 1.807) is 12.1 Å². The molecular formula is C15H15N3O2. The Morgan fingerprint density at radius 2 is 1.90 bits per heavy atom. The molecule has 20 heavy (non-hydrogen) atoms. The quantitative estimate of drug-likeness (QED) is 0.727. The minimum atomic E-state index is -0.243. The van der Waals surface area contributed by atoms with Crippen molar-refractivity contribution in [3.63, 3.8) is 0 Å². The van der Waals surface area contributed by atoms with Crippen LogP contribution in [0.15, 0.2) is 24.3 Å². The topological polar surface area (TPSA) is 103 Å². The van der Waals surface area contributed by atoms with Crippen LogP contribution in [0.5, 0.6) is 11.5 Å². The molecule has 0 saturated carbocycles. The molecule has 0 aliphatic heterocycles. The average Bonchev–Trinajstić information content (AvgIpc) is 2.40. The van der Waals surface area contributed by atoms with Crippen molar-refractivity contribution in [3.05, 3.63) is 35.5 Å². The van der Waals surface area contributed by atoms with Gasteiger partial charge in [-0.2, -0.15) is 5.26 Å². The predicted molar refractivity (Wildman–Crippen MR) is 76.2 cm³/mol. The van der Waals surface area contributed by atoms with E-state index in [-0.39, 0.29) is 28.8 Å². The summed E-state index contributed by atoms with van der Waals surface area (Å²) in [6.07, 6.45) is 0. The number of nitrogen functional groups attached to an aromatic ring is 1. The summed E-state index contributed by atoms with van der Waals surface area (Å²) in [7, 11) is 0. The molecule has 0 saturated heterocycles. The van der Waals surface area contributed by atoms with Crippen molar-refractivity contribution in [1.29, 1.82) is 5.26 Å². The van der Waals surface area contributed by atoms with Crippen molar-refractivity contribution in [1.82, 2.24) is 4.98 Å². The molecule has 5 nitrogen and oxygen atoms in total. The molecule has 0 amide bonds. The third kappa shape index (κ3) is 2.36. The first kappa shape index (κ1) is 13.7. The Kier molecular flexibility index (Phi) is 3.49. The van der Waals surface area contributed by atoms with E-state index in [0.717, 1.165) is 5.69 Å². The van der Waals surface area contributed by atoms with E-state index in [4.69, 9.17) is 5.73 Å². The minimum absolute atomic E-state index is 0.162. The van der Waals surface area contributed by atoms with Crippen molar-refractivity contribution in [2.24, 2.45) is 0 Å². The zero-order chi connectivity index (χ0) is 14.9. The lowest BCUT2D eigenvalue weighted by Gasteiger charge is -2.12. The maximum Gasteiger partial charge on any atom is 0.158 e. The molecule has 2 aromatic rings. The number of nitrogens with two attached hydrogens (primary N) is 1. The van der Waals surface area contributed by atoms with Gasteiger partial charge in [-0.15, -0.1) is 0 Å². The summed E-state index contributed by atoms with van der Waals surface area (Å²) in [5.41, 5.74) is 8.06. The number of anilines is 1. The minimum Gasteiger partial charge on any atom is -0.504 e. The Morgan fingerprint density at radius 3 is 2.45 bits per heavy atom. The van der Waals surface area contributed by atoms with Crippen LogP contribution >= 0.6 is 0 Å². The number of pyridine rings is 1. The summed E-state index contributed by atoms with van der Waals surface area (Å²) >= 11 is 0. The fourth-order valence-corrected chi connectivity index (χ4v) is 1.92. The molecule has 1 aromatic heterocycles. The van der Waals surface area contributed by atoms with Crippen LogP contribution in [0, 0.1) is 11.3 Å². The monoisotopic (exact) mass is 269 g/mol. The number of phenols is 2. The number of aromatic nitrogens is 1. The maximum absolute atomic E-state index is 9.59. The first-order valence-electron chi connectivity index (χ1n) is 6.17. The summed E-state index contributed by atoms with van der Waals surface area (Å²) in [5, 5.41) is 28.2. The lowest BCUT2D eigenvalue weighted by Crippen LogP contribution is -2.03. The normalized spacial score (nSPS) is 10.5. The van der Waals surface area contributed by atoms with Crippen molar-refractivity contribution in [3.8, 4) is 28.7 Å². The van der Waals surface area contributed by atoms with Crippen LogP contribution in [0.3, 0.4) is 0 Å². The van der Waals surface area contributed by atoms with Gasteiger partial charge >= 0.3 is 0 Å². The molecule has 0 aliphatic carbocycles. The number of benzene rings is 1. The lowest BCUT2D eigenvalue weighted by atomic mass is 9.97. The number of nitrogens with zero attached hydrogens (tertiary/aromatic N) is 2. The second-order valence-electron chi connectivity index (χ2n) is 4.82. The molecule has 0 atom stereocenters. The third-order valence-electron chi connectivity index (χ3n) is 3.06. The Labute approximate surface area is 116 Å². The van der Waals surface area contributed by atoms with Crippen molar-refractivity contribution in [2.45, 2.75) is 19.8 Å². The van der Waals surface area contributed by atoms with Gasteiger partial charge in [-0.05, 0) is 29.7 Å². The average molecular weight is 269 g/mol. The predicted octanol–water partition coefficient (Wildman–Crippen LogP) is 2.74. The van der Waals surface area contributed by atoms with Gasteiger partial charge in [-0.1, -0.05) is 19.9 Å². The van der Waals surface area contributed by atoms with Gasteiger partial charge in [0.1, 0.15) is 17.5 Å². The van der Waals surface area contributed by atoms with Crippen molar-refractivity contribution in [2.75, 3.05) is 5.73 Å². The highest BCUT2D eigenvalue weighted by Gasteiger charge is 2.15. The maximum atomic E-state index is 9.59. The van der Waals surface area contributed by atoms with Gasteiger partial charge < -0.3 is 15.9 Å². The number of phenolic OH excluding ortho intramolecular Hbond substituents is 2. The Bertz CT molecular complexity index is 703. The number of aromatic hydroxyl groups is 2. The van der Waals surface area contributed by atoms with Crippen LogP contribution in [0.25, 0.3) is 11.1 Å². The molecule has 0 radical (unpaired) electrons. The molecule has 0 bridgehead atoms. The largest absolute Gasteiger partial charge is 0.504 e. The third-order valence-corrected chi connectivity index (χ3v) is 3.06. The zero-order valence-corrected chi connectivity index (χ0v) is 11.3. The molecule has 1 aromatic carbocycles. The van der Waals surface area contributed by atoms with Gasteiger partial charge in [0.15, 0.2) is 11.5 Å². The van der Waals surface area contributed by atoms with Crippen LogP contribution < -0.4 is 5.73 Å². The number of hydrogen-bond acceptors (Lipinski definition) is 5. The highest BCUT2D eigenvalue weighted by atomic mass is 16.3. The highest BCUT2D eigenvalue weighted by molar-refractivity contribution is 5.77. The molecule has 2 rings (SSSR count). The molecule has 0 aliphatic rings. The van der Waals surface area contributed by atoms with Crippen LogP contribution in [-0.2, 0) is 0 Å².